The van der Waals surface area contributed by atoms with Crippen LogP contribution < -0.4 is 5.73 Å². The second-order valence-electron chi connectivity index (χ2n) is 1.80. The fourth-order valence-electron chi connectivity index (χ4n) is 0.389. The van der Waals surface area contributed by atoms with Gasteiger partial charge >= 0.3 is 0 Å². The van der Waals surface area contributed by atoms with Crippen LogP contribution in [0.1, 0.15) is 13.3 Å². The molecule has 0 aromatic carbocycles. The first kappa shape index (κ1) is 8.59. The zero-order valence-corrected chi connectivity index (χ0v) is 5.72. The zero-order chi connectivity index (χ0) is 7.11. The molecule has 3 nitrogen and oxygen atoms in total. The van der Waals surface area contributed by atoms with Crippen molar-refractivity contribution in [3.05, 3.63) is 0 Å². The molecule has 0 aromatic heterocycles. The number of ether oxygens (including phenoxy) is 1. The summed E-state index contributed by atoms with van der Waals surface area (Å²) in [6.45, 7) is 2.90. The third-order valence-electron chi connectivity index (χ3n) is 0.839. The second-order valence-corrected chi connectivity index (χ2v) is 1.80. The molecule has 0 heterocycles. The molecule has 9 heavy (non-hydrogen) atoms. The Kier molecular flexibility index (Phi) is 5.46. The molecule has 0 saturated heterocycles. The van der Waals surface area contributed by atoms with Gasteiger partial charge in [-0.25, -0.2) is 0 Å². The molecule has 0 aromatic rings. The minimum absolute atomic E-state index is 0.0385. The first-order chi connectivity index (χ1) is 4.31. The largest absolute Gasteiger partial charge is 0.374 e. The molecule has 0 fully saturated rings. The number of ketones is 1. The van der Waals surface area contributed by atoms with E-state index in [1.165, 1.54) is 0 Å². The van der Waals surface area contributed by atoms with Crippen LogP contribution in [0.5, 0.6) is 0 Å². The zero-order valence-electron chi connectivity index (χ0n) is 5.72. The second kappa shape index (κ2) is 5.72. The van der Waals surface area contributed by atoms with Crippen molar-refractivity contribution in [2.24, 2.45) is 5.73 Å². The molecule has 0 radical (unpaired) electrons. The molecule has 0 aliphatic rings. The van der Waals surface area contributed by atoms with E-state index in [-0.39, 0.29) is 18.9 Å². The summed E-state index contributed by atoms with van der Waals surface area (Å²) >= 11 is 0. The Morgan fingerprint density at radius 2 is 2.33 bits per heavy atom. The molecule has 0 saturated carbocycles. The van der Waals surface area contributed by atoms with Crippen LogP contribution in [0.25, 0.3) is 0 Å². The molecule has 0 atom stereocenters. The van der Waals surface area contributed by atoms with Crippen LogP contribution in [0.2, 0.25) is 0 Å². The Balaban J connectivity index is 2.97. The molecule has 3 heteroatoms. The predicted molar refractivity (Wildman–Crippen MR) is 35.2 cm³/mol. The fourth-order valence-corrected chi connectivity index (χ4v) is 0.389. The third-order valence-corrected chi connectivity index (χ3v) is 0.839. The van der Waals surface area contributed by atoms with Crippen molar-refractivity contribution in [1.82, 2.24) is 0 Å². The highest BCUT2D eigenvalue weighted by atomic mass is 16.5. The summed E-state index contributed by atoms with van der Waals surface area (Å²) < 4.78 is 4.91. The van der Waals surface area contributed by atoms with Crippen LogP contribution >= 0.6 is 0 Å². The maximum atomic E-state index is 10.4. The van der Waals surface area contributed by atoms with Gasteiger partial charge in [0, 0.05) is 6.61 Å². The Hall–Kier alpha value is -0.410. The molecule has 0 amide bonds. The van der Waals surface area contributed by atoms with Crippen LogP contribution in [-0.4, -0.2) is 25.5 Å². The van der Waals surface area contributed by atoms with E-state index in [0.717, 1.165) is 6.42 Å². The molecular formula is C6H13NO2. The first-order valence-corrected chi connectivity index (χ1v) is 3.10. The summed E-state index contributed by atoms with van der Waals surface area (Å²) in [6.07, 6.45) is 0.942. The van der Waals surface area contributed by atoms with Gasteiger partial charge in [-0.15, -0.1) is 0 Å². The summed E-state index contributed by atoms with van der Waals surface area (Å²) in [5, 5.41) is 0. The van der Waals surface area contributed by atoms with Crippen molar-refractivity contribution in [3.8, 4) is 0 Å². The highest BCUT2D eigenvalue weighted by Crippen LogP contribution is 1.79. The van der Waals surface area contributed by atoms with Gasteiger partial charge in [0.15, 0.2) is 5.78 Å². The Labute approximate surface area is 55.2 Å². The monoisotopic (exact) mass is 131 g/mol. The van der Waals surface area contributed by atoms with Gasteiger partial charge in [0.05, 0.1) is 6.54 Å². The maximum absolute atomic E-state index is 10.4. The average Bonchev–Trinajstić information content (AvgIpc) is 1.89. The van der Waals surface area contributed by atoms with E-state index in [9.17, 15) is 4.79 Å². The number of carbonyl (C=O) groups is 1. The lowest BCUT2D eigenvalue weighted by atomic mass is 10.4. The van der Waals surface area contributed by atoms with Gasteiger partial charge < -0.3 is 10.5 Å². The number of hydrogen-bond donors (Lipinski definition) is 1. The van der Waals surface area contributed by atoms with Crippen molar-refractivity contribution < 1.29 is 9.53 Å². The minimum Gasteiger partial charge on any atom is -0.374 e. The standard InChI is InChI=1S/C6H13NO2/c1-2-3-9-5-6(8)4-7/h2-5,7H2,1H3. The van der Waals surface area contributed by atoms with Crippen LogP contribution in [0.3, 0.4) is 0 Å². The topological polar surface area (TPSA) is 52.3 Å². The van der Waals surface area contributed by atoms with Crippen LogP contribution in [0.15, 0.2) is 0 Å². The van der Waals surface area contributed by atoms with Gasteiger partial charge in [0.1, 0.15) is 6.61 Å². The van der Waals surface area contributed by atoms with Crippen molar-refractivity contribution in [3.63, 3.8) is 0 Å². The average molecular weight is 131 g/mol. The van der Waals surface area contributed by atoms with Gasteiger partial charge in [-0.2, -0.15) is 0 Å². The van der Waals surface area contributed by atoms with E-state index in [1.807, 2.05) is 6.92 Å². The minimum atomic E-state index is -0.0385. The highest BCUT2D eigenvalue weighted by molar-refractivity contribution is 5.81. The molecule has 2 N–H and O–H groups in total. The van der Waals surface area contributed by atoms with E-state index < -0.39 is 0 Å². The maximum Gasteiger partial charge on any atom is 0.171 e. The van der Waals surface area contributed by atoms with Gasteiger partial charge in [0.2, 0.25) is 0 Å². The number of carbonyl (C=O) groups excluding carboxylic acids is 1. The summed E-state index contributed by atoms with van der Waals surface area (Å²) in [5.41, 5.74) is 5.02. The summed E-state index contributed by atoms with van der Waals surface area (Å²) in [7, 11) is 0. The lowest BCUT2D eigenvalue weighted by molar-refractivity contribution is -0.122. The van der Waals surface area contributed by atoms with Crippen LogP contribution in [-0.2, 0) is 9.53 Å². The number of nitrogens with two attached hydrogens (primary N) is 1. The van der Waals surface area contributed by atoms with E-state index in [2.05, 4.69) is 0 Å². The molecule has 54 valence electrons. The molecular weight excluding hydrogens is 118 g/mol. The first-order valence-electron chi connectivity index (χ1n) is 3.10. The van der Waals surface area contributed by atoms with E-state index in [4.69, 9.17) is 10.5 Å². The van der Waals surface area contributed by atoms with Gasteiger partial charge in [-0.3, -0.25) is 4.79 Å². The lowest BCUT2D eigenvalue weighted by Crippen LogP contribution is -2.19. The van der Waals surface area contributed by atoms with Gasteiger partial charge in [-0.05, 0) is 6.42 Å². The predicted octanol–water partition coefficient (Wildman–Crippen LogP) is -0.0592. The highest BCUT2D eigenvalue weighted by Gasteiger charge is 1.95. The molecule has 0 bridgehead atoms. The Morgan fingerprint density at radius 1 is 1.67 bits per heavy atom. The van der Waals surface area contributed by atoms with Crippen molar-refractivity contribution >= 4 is 5.78 Å². The normalized spacial score (nSPS) is 9.56. The summed E-state index contributed by atoms with van der Waals surface area (Å²) in [4.78, 5) is 10.4. The third kappa shape index (κ3) is 5.46. The quantitative estimate of drug-likeness (QED) is 0.532. The summed E-state index contributed by atoms with van der Waals surface area (Å²) in [5.74, 6) is -0.0385. The van der Waals surface area contributed by atoms with Crippen LogP contribution in [0.4, 0.5) is 0 Å². The lowest BCUT2D eigenvalue weighted by Gasteiger charge is -1.97. The molecule has 0 rings (SSSR count). The van der Waals surface area contributed by atoms with Crippen molar-refractivity contribution in [1.29, 1.82) is 0 Å². The molecule has 0 unspecified atom stereocenters. The summed E-state index contributed by atoms with van der Waals surface area (Å²) in [6, 6.07) is 0. The van der Waals surface area contributed by atoms with E-state index >= 15 is 0 Å². The fraction of sp³-hybridized carbons (Fsp3) is 0.833. The van der Waals surface area contributed by atoms with E-state index in [0.29, 0.717) is 6.61 Å². The molecule has 0 aliphatic heterocycles. The van der Waals surface area contributed by atoms with Gasteiger partial charge in [0.25, 0.3) is 0 Å². The smallest absolute Gasteiger partial charge is 0.171 e. The van der Waals surface area contributed by atoms with Gasteiger partial charge in [-0.1, -0.05) is 6.92 Å². The van der Waals surface area contributed by atoms with Crippen molar-refractivity contribution in [2.45, 2.75) is 13.3 Å². The Bertz CT molecular complexity index is 83.1. The van der Waals surface area contributed by atoms with Crippen molar-refractivity contribution in [2.75, 3.05) is 19.8 Å². The van der Waals surface area contributed by atoms with Crippen LogP contribution in [0, 0.1) is 0 Å². The van der Waals surface area contributed by atoms with E-state index in [1.54, 1.807) is 0 Å². The number of hydrogen-bond acceptors (Lipinski definition) is 3. The SMILES string of the molecule is CCCOCC(=O)CN. The molecule has 0 aliphatic carbocycles. The molecule has 0 spiro atoms. The Morgan fingerprint density at radius 3 is 2.78 bits per heavy atom. The number of Topliss-reactive ketones (excluding diaryl/α,β-unsaturated/α-hetero) is 1. The number of rotatable bonds is 5.